The summed E-state index contributed by atoms with van der Waals surface area (Å²) in [6.45, 7) is 10.4. The summed E-state index contributed by atoms with van der Waals surface area (Å²) >= 11 is 0. The van der Waals surface area contributed by atoms with Crippen molar-refractivity contribution in [3.8, 4) is 0 Å². The van der Waals surface area contributed by atoms with Crippen molar-refractivity contribution in [2.24, 2.45) is 58.8 Å². The molecule has 0 aromatic heterocycles. The fourth-order valence-electron chi connectivity index (χ4n) is 8.80. The van der Waals surface area contributed by atoms with Gasteiger partial charge in [0.1, 0.15) is 43.2 Å². The number of carbonyl (C=O) groups excluding carboxylic acids is 2. The number of nitrogens with two attached hydrogens (primary N) is 2. The molecule has 14 atom stereocenters. The number of hydrogen-bond acceptors (Lipinski definition) is 12. The van der Waals surface area contributed by atoms with Crippen LogP contribution in [-0.4, -0.2) is 125 Å². The number of ether oxygens (including phenoxy) is 6. The Morgan fingerprint density at radius 3 is 1.83 bits per heavy atom. The predicted molar refractivity (Wildman–Crippen MR) is 195 cm³/mol. The lowest BCUT2D eigenvalue weighted by Gasteiger charge is -2.39. The molecular weight excluding hydrogens is 672 g/mol. The quantitative estimate of drug-likeness (QED) is 0.0997. The van der Waals surface area contributed by atoms with Crippen LogP contribution >= 0.6 is 0 Å². The molecule has 0 bridgehead atoms. The number of aliphatic hydroxyl groups is 2. The van der Waals surface area contributed by atoms with E-state index in [1.54, 1.807) is 0 Å². The van der Waals surface area contributed by atoms with Gasteiger partial charge < -0.3 is 60.7 Å². The Morgan fingerprint density at radius 2 is 1.27 bits per heavy atom. The molecule has 2 aliphatic carbocycles. The van der Waals surface area contributed by atoms with Gasteiger partial charge in [0.05, 0.1) is 33.0 Å². The Labute approximate surface area is 309 Å². The molecule has 0 radical (unpaired) electrons. The van der Waals surface area contributed by atoms with Gasteiger partial charge in [0.2, 0.25) is 0 Å². The number of carbonyl (C=O) groups is 2. The zero-order chi connectivity index (χ0) is 37.6. The van der Waals surface area contributed by atoms with Crippen LogP contribution < -0.4 is 22.1 Å². The minimum Gasteiger partial charge on any atom is -0.447 e. The van der Waals surface area contributed by atoms with Crippen molar-refractivity contribution in [2.75, 3.05) is 65.8 Å². The molecule has 2 heterocycles. The summed E-state index contributed by atoms with van der Waals surface area (Å²) in [4.78, 5) is 25.1. The number of alkyl carbamates (subject to hydrolysis) is 2. The van der Waals surface area contributed by atoms with Crippen LogP contribution in [0.4, 0.5) is 9.59 Å². The molecule has 14 heteroatoms. The standard InChI is InChI=1S/C38H66N4O10/c1-5-23-10-12-26(31(14-40)29(23)7-3)15-41-37(45)51-19-27(44)18-47-33-21-49-36-34(22-50-35(33)36)48-20-28(17-43)52-38(46)42-16-32-25(13-39)11-9-24(6-2)30(32)8-4/h9-12,23-36,43-44H,5-8,13-22,39-40H2,1-4H3,(H,41,45)(H,42,46)/t23?,24?,25?,26?,27?,28?,29?,30?,31?,32?,33-,34+,35+,36+/m0/s1. The number of fused-ring (bicyclic) bond motifs is 1. The van der Waals surface area contributed by atoms with E-state index < -0.39 is 55.4 Å². The third-order valence-electron chi connectivity index (χ3n) is 11.8. The van der Waals surface area contributed by atoms with Gasteiger partial charge in [-0.15, -0.1) is 0 Å². The average molecular weight is 739 g/mol. The van der Waals surface area contributed by atoms with Gasteiger partial charge in [0.15, 0.2) is 0 Å². The Morgan fingerprint density at radius 1 is 0.712 bits per heavy atom. The number of aliphatic hydroxyl groups excluding tert-OH is 2. The Hall–Kier alpha value is -2.30. The summed E-state index contributed by atoms with van der Waals surface area (Å²) in [6, 6.07) is 0. The van der Waals surface area contributed by atoms with Crippen molar-refractivity contribution in [3.05, 3.63) is 24.3 Å². The van der Waals surface area contributed by atoms with E-state index in [0.29, 0.717) is 49.9 Å². The van der Waals surface area contributed by atoms with Gasteiger partial charge >= 0.3 is 12.2 Å². The SMILES string of the molecule is CCC1C=CC(CNC(=O)OCC(O)CO[C@H]2CO[C@H]3[C@@H]2OC[C@H]3OCC(CO)OC(=O)NCC2C(CN)C=CC(CC)C2CC)C(CN)C1CC. The average Bonchev–Trinajstić information content (AvgIpc) is 3.77. The first-order chi connectivity index (χ1) is 25.2. The Balaban J connectivity index is 1.12. The molecule has 10 unspecified atom stereocenters. The van der Waals surface area contributed by atoms with Crippen LogP contribution in [0.5, 0.6) is 0 Å². The van der Waals surface area contributed by atoms with E-state index in [0.717, 1.165) is 25.7 Å². The number of rotatable bonds is 20. The van der Waals surface area contributed by atoms with E-state index in [4.69, 9.17) is 39.9 Å². The fourth-order valence-corrected chi connectivity index (χ4v) is 8.80. The van der Waals surface area contributed by atoms with Gasteiger partial charge in [0.25, 0.3) is 0 Å². The van der Waals surface area contributed by atoms with Crippen molar-refractivity contribution in [1.82, 2.24) is 10.6 Å². The number of amides is 2. The van der Waals surface area contributed by atoms with Crippen LogP contribution in [0.2, 0.25) is 0 Å². The normalized spacial score (nSPS) is 35.2. The highest BCUT2D eigenvalue weighted by Crippen LogP contribution is 2.38. The van der Waals surface area contributed by atoms with Crippen LogP contribution in [-0.2, 0) is 28.4 Å². The monoisotopic (exact) mass is 738 g/mol. The van der Waals surface area contributed by atoms with E-state index in [2.05, 4.69) is 62.6 Å². The molecule has 2 saturated heterocycles. The van der Waals surface area contributed by atoms with Crippen molar-refractivity contribution in [1.29, 1.82) is 0 Å². The molecule has 52 heavy (non-hydrogen) atoms. The van der Waals surface area contributed by atoms with Crippen LogP contribution in [0.3, 0.4) is 0 Å². The molecule has 2 amide bonds. The van der Waals surface area contributed by atoms with Gasteiger partial charge in [0, 0.05) is 13.1 Å². The van der Waals surface area contributed by atoms with Crippen molar-refractivity contribution >= 4 is 12.2 Å². The first-order valence-corrected chi connectivity index (χ1v) is 19.6. The molecule has 298 valence electrons. The molecule has 4 aliphatic rings. The second-order valence-electron chi connectivity index (χ2n) is 14.7. The van der Waals surface area contributed by atoms with Gasteiger partial charge in [-0.25, -0.2) is 9.59 Å². The van der Waals surface area contributed by atoms with E-state index in [-0.39, 0.29) is 56.7 Å². The summed E-state index contributed by atoms with van der Waals surface area (Å²) in [6.07, 6.45) is 8.12. The van der Waals surface area contributed by atoms with E-state index in [1.807, 2.05) is 0 Å². The molecule has 0 saturated carbocycles. The number of hydrogen-bond donors (Lipinski definition) is 6. The van der Waals surface area contributed by atoms with Gasteiger partial charge in [-0.3, -0.25) is 0 Å². The zero-order valence-corrected chi connectivity index (χ0v) is 31.6. The van der Waals surface area contributed by atoms with Gasteiger partial charge in [-0.2, -0.15) is 0 Å². The zero-order valence-electron chi connectivity index (χ0n) is 31.6. The molecule has 4 rings (SSSR count). The summed E-state index contributed by atoms with van der Waals surface area (Å²) < 4.78 is 34.5. The third-order valence-corrected chi connectivity index (χ3v) is 11.8. The van der Waals surface area contributed by atoms with E-state index in [9.17, 15) is 19.8 Å². The first-order valence-electron chi connectivity index (χ1n) is 19.6. The molecule has 2 fully saturated rings. The molecule has 8 N–H and O–H groups in total. The molecule has 2 aliphatic heterocycles. The lowest BCUT2D eigenvalue weighted by molar-refractivity contribution is -0.0846. The van der Waals surface area contributed by atoms with E-state index in [1.165, 1.54) is 0 Å². The van der Waals surface area contributed by atoms with Crippen LogP contribution in [0.25, 0.3) is 0 Å². The smallest absolute Gasteiger partial charge is 0.407 e. The van der Waals surface area contributed by atoms with Gasteiger partial charge in [-0.1, -0.05) is 64.8 Å². The number of allylic oxidation sites excluding steroid dienone is 2. The van der Waals surface area contributed by atoms with Crippen molar-refractivity contribution in [3.63, 3.8) is 0 Å². The van der Waals surface area contributed by atoms with Crippen molar-refractivity contribution < 1.29 is 48.2 Å². The molecule has 0 spiro atoms. The fraction of sp³-hybridized carbons (Fsp3) is 0.842. The summed E-state index contributed by atoms with van der Waals surface area (Å²) in [5, 5.41) is 26.1. The number of nitrogens with one attached hydrogen (secondary N) is 2. The summed E-state index contributed by atoms with van der Waals surface area (Å²) in [5.41, 5.74) is 12.2. The van der Waals surface area contributed by atoms with E-state index >= 15 is 0 Å². The maximum Gasteiger partial charge on any atom is 0.407 e. The minimum atomic E-state index is -1.04. The predicted octanol–water partition coefficient (Wildman–Crippen LogP) is 2.36. The highest BCUT2D eigenvalue weighted by molar-refractivity contribution is 5.67. The highest BCUT2D eigenvalue weighted by atomic mass is 16.7. The van der Waals surface area contributed by atoms with Crippen LogP contribution in [0, 0.1) is 47.3 Å². The lowest BCUT2D eigenvalue weighted by Crippen LogP contribution is -2.44. The second-order valence-corrected chi connectivity index (χ2v) is 14.7. The van der Waals surface area contributed by atoms with Crippen LogP contribution in [0.1, 0.15) is 53.4 Å². The highest BCUT2D eigenvalue weighted by Gasteiger charge is 2.49. The Bertz CT molecular complexity index is 1150. The topological polar surface area (TPSA) is 206 Å². The summed E-state index contributed by atoms with van der Waals surface area (Å²) in [5.74, 6) is 2.68. The molecule has 0 aromatic rings. The Kier molecular flexibility index (Phi) is 17.6. The van der Waals surface area contributed by atoms with Crippen LogP contribution in [0.15, 0.2) is 24.3 Å². The molecular formula is C38H66N4O10. The minimum absolute atomic E-state index is 0.0381. The largest absolute Gasteiger partial charge is 0.447 e. The third kappa shape index (κ3) is 11.1. The molecule has 0 aromatic carbocycles. The molecule has 14 nitrogen and oxygen atoms in total. The first kappa shape index (κ1) is 42.4. The maximum absolute atomic E-state index is 12.7. The van der Waals surface area contributed by atoms with Gasteiger partial charge in [-0.05, 0) is 73.3 Å². The lowest BCUT2D eigenvalue weighted by atomic mass is 9.68. The van der Waals surface area contributed by atoms with Crippen molar-refractivity contribution in [2.45, 2.75) is 90.0 Å². The second kappa shape index (κ2) is 21.6. The maximum atomic E-state index is 12.7. The summed E-state index contributed by atoms with van der Waals surface area (Å²) in [7, 11) is 0.